The number of nitrogens with zero attached hydrogens (tertiary/aromatic N) is 2. The fraction of sp³-hybridized carbons (Fsp3) is 0.737. The van der Waals surface area contributed by atoms with Crippen LogP contribution < -0.4 is 4.90 Å². The molecular formula is C19H25N3O3. The second-order valence-corrected chi connectivity index (χ2v) is 8.08. The summed E-state index contributed by atoms with van der Waals surface area (Å²) < 4.78 is 5.77. The van der Waals surface area contributed by atoms with E-state index >= 15 is 0 Å². The largest absolute Gasteiger partial charge is 0.369 e. The third-order valence-corrected chi connectivity index (χ3v) is 6.56. The number of epoxide rings is 1. The van der Waals surface area contributed by atoms with Crippen molar-refractivity contribution in [1.29, 1.82) is 0 Å². The lowest BCUT2D eigenvalue weighted by molar-refractivity contribution is -0.121. The van der Waals surface area contributed by atoms with E-state index in [-0.39, 0.29) is 11.7 Å². The number of imidazole rings is 1. The average Bonchev–Trinajstić information content (AvgIpc) is 2.99. The van der Waals surface area contributed by atoms with E-state index in [9.17, 15) is 9.59 Å². The molecular weight excluding hydrogens is 318 g/mol. The zero-order valence-corrected chi connectivity index (χ0v) is 14.8. The van der Waals surface area contributed by atoms with E-state index < -0.39 is 5.92 Å². The van der Waals surface area contributed by atoms with Gasteiger partial charge in [0.05, 0.1) is 12.2 Å². The van der Waals surface area contributed by atoms with Crippen molar-refractivity contribution >= 4 is 17.5 Å². The number of carbonyl (C=O) groups excluding carboxylic acids is 2. The molecule has 0 unspecified atom stereocenters. The van der Waals surface area contributed by atoms with Gasteiger partial charge in [-0.2, -0.15) is 0 Å². The molecule has 1 amide bonds. The number of rotatable bonds is 5. The average molecular weight is 343 g/mol. The van der Waals surface area contributed by atoms with Gasteiger partial charge in [-0.1, -0.05) is 20.3 Å². The van der Waals surface area contributed by atoms with Crippen LogP contribution in [0.4, 0.5) is 5.82 Å². The molecule has 1 aromatic heterocycles. The number of aromatic amines is 1. The minimum atomic E-state index is -0.548. The number of aromatic nitrogens is 2. The van der Waals surface area contributed by atoms with E-state index in [1.807, 2.05) is 13.8 Å². The molecule has 4 aliphatic rings. The zero-order valence-electron chi connectivity index (χ0n) is 14.8. The predicted molar refractivity (Wildman–Crippen MR) is 91.6 cm³/mol. The molecule has 1 aromatic rings. The number of ketones is 1. The van der Waals surface area contributed by atoms with Crippen LogP contribution in [0.1, 0.15) is 68.2 Å². The summed E-state index contributed by atoms with van der Waals surface area (Å²) in [4.78, 5) is 35.6. The third kappa shape index (κ3) is 2.09. The first-order valence-electron chi connectivity index (χ1n) is 9.75. The molecule has 2 aliphatic heterocycles. The number of Topliss-reactive ketones (excluding diaryl/α,β-unsaturated/α-hetero) is 1. The summed E-state index contributed by atoms with van der Waals surface area (Å²) >= 11 is 0. The first-order valence-corrected chi connectivity index (χ1v) is 9.75. The molecule has 6 atom stereocenters. The Hall–Kier alpha value is -1.69. The second kappa shape index (κ2) is 5.40. The Morgan fingerprint density at radius 1 is 1.20 bits per heavy atom. The summed E-state index contributed by atoms with van der Waals surface area (Å²) in [6, 6.07) is 0. The number of anilines is 1. The number of nitrogens with one attached hydrogen (secondary N) is 1. The van der Waals surface area contributed by atoms with Crippen LogP contribution in [0.25, 0.3) is 0 Å². The van der Waals surface area contributed by atoms with Crippen LogP contribution in [0.2, 0.25) is 0 Å². The van der Waals surface area contributed by atoms with E-state index in [1.165, 1.54) is 6.42 Å². The molecule has 134 valence electrons. The van der Waals surface area contributed by atoms with Crippen LogP contribution in [0, 0.1) is 17.8 Å². The van der Waals surface area contributed by atoms with Gasteiger partial charge in [-0.05, 0) is 37.5 Å². The van der Waals surface area contributed by atoms with Crippen LogP contribution in [-0.2, 0) is 9.53 Å². The molecule has 6 nitrogen and oxygen atoms in total. The van der Waals surface area contributed by atoms with Gasteiger partial charge in [-0.15, -0.1) is 0 Å². The van der Waals surface area contributed by atoms with E-state index in [2.05, 4.69) is 4.98 Å². The molecule has 2 saturated carbocycles. The summed E-state index contributed by atoms with van der Waals surface area (Å²) in [5.41, 5.74) is 0.553. The van der Waals surface area contributed by atoms with E-state index in [0.717, 1.165) is 25.1 Å². The number of hydrogen-bond acceptors (Lipinski definition) is 4. The first-order chi connectivity index (χ1) is 12.1. The van der Waals surface area contributed by atoms with Gasteiger partial charge in [0.2, 0.25) is 5.91 Å². The van der Waals surface area contributed by atoms with Gasteiger partial charge in [0.1, 0.15) is 17.4 Å². The summed E-state index contributed by atoms with van der Waals surface area (Å²) in [6.07, 6.45) is 5.48. The molecule has 2 aliphatic carbocycles. The first kappa shape index (κ1) is 15.6. The Kier molecular flexibility index (Phi) is 3.36. The molecule has 0 radical (unpaired) electrons. The van der Waals surface area contributed by atoms with E-state index in [1.54, 1.807) is 4.90 Å². The quantitative estimate of drug-likeness (QED) is 0.658. The Bertz CT molecular complexity index is 742. The second-order valence-electron chi connectivity index (χ2n) is 8.08. The Morgan fingerprint density at radius 2 is 2.04 bits per heavy atom. The number of carbonyl (C=O) groups is 2. The molecule has 0 spiro atoms. The van der Waals surface area contributed by atoms with Crippen molar-refractivity contribution in [3.8, 4) is 0 Å². The highest BCUT2D eigenvalue weighted by Gasteiger charge is 2.64. The predicted octanol–water partition coefficient (Wildman–Crippen LogP) is 2.66. The lowest BCUT2D eigenvalue weighted by Crippen LogP contribution is -2.45. The van der Waals surface area contributed by atoms with Crippen molar-refractivity contribution in [2.45, 2.75) is 64.1 Å². The molecule has 3 heterocycles. The van der Waals surface area contributed by atoms with E-state index in [0.29, 0.717) is 54.4 Å². The van der Waals surface area contributed by atoms with Crippen LogP contribution in [0.5, 0.6) is 0 Å². The van der Waals surface area contributed by atoms with Crippen molar-refractivity contribution in [3.05, 3.63) is 11.5 Å². The maximum Gasteiger partial charge on any atom is 0.239 e. The van der Waals surface area contributed by atoms with Gasteiger partial charge in [0.15, 0.2) is 11.6 Å². The van der Waals surface area contributed by atoms with Crippen LogP contribution in [0.3, 0.4) is 0 Å². The van der Waals surface area contributed by atoms with Gasteiger partial charge in [-0.3, -0.25) is 14.5 Å². The third-order valence-electron chi connectivity index (χ3n) is 6.56. The smallest absolute Gasteiger partial charge is 0.239 e. The highest BCUT2D eigenvalue weighted by atomic mass is 16.6. The van der Waals surface area contributed by atoms with Crippen molar-refractivity contribution in [1.82, 2.24) is 9.97 Å². The number of ether oxygens (including phenoxy) is 1. The zero-order chi connectivity index (χ0) is 17.3. The van der Waals surface area contributed by atoms with Gasteiger partial charge in [0.25, 0.3) is 0 Å². The summed E-state index contributed by atoms with van der Waals surface area (Å²) in [5, 5.41) is 0. The standard InChI is InChI=1S/C19H25N3O3/c1-3-5-10-14(23)13-18(22(6-4-2)19(10)24)21-17(20-13)12-8-9-7-11(12)16-15(9)25-16/h9-12,15-16H,3-8H2,1-2H3,(H,20,21)/t9-,10-,11+,12+,15-,16+/m1/s1. The van der Waals surface area contributed by atoms with Crippen molar-refractivity contribution in [2.24, 2.45) is 17.8 Å². The minimum Gasteiger partial charge on any atom is -0.369 e. The molecule has 0 aromatic carbocycles. The normalized spacial score (nSPS) is 38.2. The maximum absolute atomic E-state index is 12.9. The summed E-state index contributed by atoms with van der Waals surface area (Å²) in [5.74, 6) is 2.29. The SMILES string of the molecule is CCC[C@@H]1C(=O)c2[nH]c([C@H]3C[C@H]4C[C@@H]3[C@@H]3O[C@H]43)nc2N(CCC)C1=O. The van der Waals surface area contributed by atoms with Crippen molar-refractivity contribution in [3.63, 3.8) is 0 Å². The van der Waals surface area contributed by atoms with Gasteiger partial charge < -0.3 is 9.72 Å². The Balaban J connectivity index is 1.51. The molecule has 2 bridgehead atoms. The van der Waals surface area contributed by atoms with Crippen molar-refractivity contribution in [2.75, 3.05) is 11.4 Å². The molecule has 25 heavy (non-hydrogen) atoms. The lowest BCUT2D eigenvalue weighted by atomic mass is 9.88. The van der Waals surface area contributed by atoms with Gasteiger partial charge in [0, 0.05) is 12.5 Å². The molecule has 1 N–H and O–H groups in total. The molecule has 3 fully saturated rings. The van der Waals surface area contributed by atoms with Crippen LogP contribution >= 0.6 is 0 Å². The van der Waals surface area contributed by atoms with Gasteiger partial charge >= 0.3 is 0 Å². The molecule has 6 heteroatoms. The highest BCUT2D eigenvalue weighted by Crippen LogP contribution is 2.61. The number of H-pyrrole nitrogens is 1. The summed E-state index contributed by atoms with van der Waals surface area (Å²) in [6.45, 7) is 4.68. The van der Waals surface area contributed by atoms with Crippen LogP contribution in [-0.4, -0.2) is 40.4 Å². The fourth-order valence-electron chi connectivity index (χ4n) is 5.40. The Labute approximate surface area is 147 Å². The highest BCUT2D eigenvalue weighted by molar-refractivity contribution is 6.20. The minimum absolute atomic E-state index is 0.0715. The molecule has 5 rings (SSSR count). The monoisotopic (exact) mass is 343 g/mol. The number of amides is 1. The lowest BCUT2D eigenvalue weighted by Gasteiger charge is -2.29. The number of fused-ring (bicyclic) bond motifs is 6. The van der Waals surface area contributed by atoms with E-state index in [4.69, 9.17) is 9.72 Å². The number of hydrogen-bond donors (Lipinski definition) is 1. The Morgan fingerprint density at radius 3 is 2.72 bits per heavy atom. The van der Waals surface area contributed by atoms with Gasteiger partial charge in [-0.25, -0.2) is 4.98 Å². The summed E-state index contributed by atoms with van der Waals surface area (Å²) in [7, 11) is 0. The van der Waals surface area contributed by atoms with Crippen molar-refractivity contribution < 1.29 is 14.3 Å². The maximum atomic E-state index is 12.9. The molecule has 1 saturated heterocycles. The topological polar surface area (TPSA) is 78.6 Å². The fourth-order valence-corrected chi connectivity index (χ4v) is 5.40. The van der Waals surface area contributed by atoms with Crippen LogP contribution in [0.15, 0.2) is 0 Å².